The van der Waals surface area contributed by atoms with Crippen molar-refractivity contribution in [3.05, 3.63) is 29.3 Å². The zero-order valence-corrected chi connectivity index (χ0v) is 13.9. The molecule has 0 bridgehead atoms. The fraction of sp³-hybridized carbons (Fsp3) is 0.533. The summed E-state index contributed by atoms with van der Waals surface area (Å²) < 4.78 is 5.42. The van der Waals surface area contributed by atoms with Gasteiger partial charge in [-0.05, 0) is 29.0 Å². The third-order valence-corrected chi connectivity index (χ3v) is 3.71. The monoisotopic (exact) mass is 327 g/mol. The number of amides is 1. The molecule has 0 spiro atoms. The number of carbonyl (C=O) groups excluding carboxylic acids is 1. The Morgan fingerprint density at radius 1 is 1.37 bits per heavy atom. The zero-order chi connectivity index (χ0) is 14.6. The van der Waals surface area contributed by atoms with E-state index >= 15 is 0 Å². The van der Waals surface area contributed by atoms with E-state index in [2.05, 4.69) is 48.8 Å². The van der Waals surface area contributed by atoms with Crippen LogP contribution in [0, 0.1) is 0 Å². The van der Waals surface area contributed by atoms with Gasteiger partial charge in [0.15, 0.2) is 0 Å². The van der Waals surface area contributed by atoms with E-state index in [-0.39, 0.29) is 10.2 Å². The number of hydrogen-bond acceptors (Lipinski definition) is 2. The first kappa shape index (κ1) is 16.0. The maximum atomic E-state index is 11.1. The van der Waals surface area contributed by atoms with Crippen molar-refractivity contribution in [2.45, 2.75) is 32.6 Å². The van der Waals surface area contributed by atoms with Crippen molar-refractivity contribution in [1.82, 2.24) is 4.90 Å². The van der Waals surface area contributed by atoms with Crippen molar-refractivity contribution < 1.29 is 9.53 Å². The van der Waals surface area contributed by atoms with Crippen molar-refractivity contribution >= 4 is 20.7 Å². The summed E-state index contributed by atoms with van der Waals surface area (Å²) in [5.41, 5.74) is 2.45. The maximum absolute atomic E-state index is 11.1. The molecule has 19 heavy (non-hydrogen) atoms. The van der Waals surface area contributed by atoms with E-state index in [1.807, 2.05) is 6.07 Å². The molecule has 0 fully saturated rings. The van der Waals surface area contributed by atoms with Crippen molar-refractivity contribution in [2.24, 2.45) is 0 Å². The van der Waals surface area contributed by atoms with E-state index in [1.165, 1.54) is 11.1 Å². The van der Waals surface area contributed by atoms with Gasteiger partial charge in [0.05, 0.1) is 7.11 Å². The minimum Gasteiger partial charge on any atom is -0.496 e. The van der Waals surface area contributed by atoms with Crippen LogP contribution in [0.3, 0.4) is 0 Å². The average molecular weight is 328 g/mol. The van der Waals surface area contributed by atoms with E-state index in [9.17, 15) is 4.79 Å². The average Bonchev–Trinajstić information content (AvgIpc) is 2.34. The smallest absolute Gasteiger partial charge is 0.289 e. The van der Waals surface area contributed by atoms with Crippen LogP contribution in [0.5, 0.6) is 5.75 Å². The molecule has 106 valence electrons. The Balaban J connectivity index is 2.90. The normalized spacial score (nSPS) is 11.3. The van der Waals surface area contributed by atoms with Crippen LogP contribution < -0.4 is 4.74 Å². The van der Waals surface area contributed by atoms with Crippen LogP contribution in [0.15, 0.2) is 18.2 Å². The Kier molecular flexibility index (Phi) is 5.41. The number of nitrogens with zero attached hydrogens (tertiary/aromatic N) is 1. The number of halogens is 1. The van der Waals surface area contributed by atoms with E-state index in [1.54, 1.807) is 19.1 Å². The number of benzene rings is 1. The third kappa shape index (κ3) is 4.53. The Labute approximate surface area is 124 Å². The molecule has 0 radical (unpaired) electrons. The van der Waals surface area contributed by atoms with Gasteiger partial charge < -0.3 is 9.64 Å². The highest BCUT2D eigenvalue weighted by Crippen LogP contribution is 2.32. The standard InChI is InChI=1S/C15H22BrNO2/c1-15(2,3)12-10-11(6-7-13(12)19-5)8-9-17(4)14(16)18/h6-7,10H,8-9H2,1-5H3. The van der Waals surface area contributed by atoms with Gasteiger partial charge in [-0.15, -0.1) is 0 Å². The molecule has 1 aromatic carbocycles. The largest absolute Gasteiger partial charge is 0.496 e. The lowest BCUT2D eigenvalue weighted by molar-refractivity contribution is 0.235. The van der Waals surface area contributed by atoms with Crippen molar-refractivity contribution in [1.29, 1.82) is 0 Å². The number of carbonyl (C=O) groups is 1. The highest BCUT2D eigenvalue weighted by Gasteiger charge is 2.19. The van der Waals surface area contributed by atoms with Gasteiger partial charge in [0.25, 0.3) is 4.82 Å². The molecule has 0 aromatic heterocycles. The molecule has 1 aromatic rings. The number of ether oxygens (including phenoxy) is 1. The Bertz CT molecular complexity index is 452. The predicted octanol–water partition coefficient (Wildman–Crippen LogP) is 3.98. The van der Waals surface area contributed by atoms with Crippen LogP contribution in [0.25, 0.3) is 0 Å². The van der Waals surface area contributed by atoms with Gasteiger partial charge in [-0.3, -0.25) is 4.79 Å². The number of rotatable bonds is 4. The summed E-state index contributed by atoms with van der Waals surface area (Å²) in [6.07, 6.45) is 0.834. The summed E-state index contributed by atoms with van der Waals surface area (Å²) in [6, 6.07) is 6.23. The molecular weight excluding hydrogens is 306 g/mol. The molecule has 0 aliphatic carbocycles. The minimum atomic E-state index is -0.0861. The van der Waals surface area contributed by atoms with Crippen LogP contribution >= 0.6 is 15.9 Å². The summed E-state index contributed by atoms with van der Waals surface area (Å²) in [6.45, 7) is 7.20. The molecule has 0 saturated carbocycles. The van der Waals surface area contributed by atoms with Crippen LogP contribution in [0.2, 0.25) is 0 Å². The summed E-state index contributed by atoms with van der Waals surface area (Å²) in [5, 5.41) is 0. The van der Waals surface area contributed by atoms with Gasteiger partial charge in [-0.1, -0.05) is 32.9 Å². The molecule has 1 amide bonds. The van der Waals surface area contributed by atoms with Crippen LogP contribution in [0.1, 0.15) is 31.9 Å². The number of hydrogen-bond donors (Lipinski definition) is 0. The maximum Gasteiger partial charge on any atom is 0.289 e. The van der Waals surface area contributed by atoms with E-state index in [0.717, 1.165) is 12.2 Å². The fourth-order valence-electron chi connectivity index (χ4n) is 1.88. The van der Waals surface area contributed by atoms with Crippen molar-refractivity contribution in [2.75, 3.05) is 20.7 Å². The first-order valence-corrected chi connectivity index (χ1v) is 7.13. The highest BCUT2D eigenvalue weighted by atomic mass is 79.9. The van der Waals surface area contributed by atoms with Crippen molar-refractivity contribution in [3.8, 4) is 5.75 Å². The van der Waals surface area contributed by atoms with E-state index < -0.39 is 0 Å². The molecular formula is C15H22BrNO2. The molecule has 0 unspecified atom stereocenters. The van der Waals surface area contributed by atoms with Crippen LogP contribution in [0.4, 0.5) is 4.79 Å². The second kappa shape index (κ2) is 6.42. The lowest BCUT2D eigenvalue weighted by Crippen LogP contribution is -2.23. The number of likely N-dealkylation sites (N-methyl/N-ethyl adjacent to an activating group) is 1. The molecule has 0 aliphatic heterocycles. The van der Waals surface area contributed by atoms with Crippen LogP contribution in [-0.2, 0) is 11.8 Å². The SMILES string of the molecule is COc1ccc(CCN(C)C(=O)Br)cc1C(C)(C)C. The first-order valence-electron chi connectivity index (χ1n) is 6.33. The highest BCUT2D eigenvalue weighted by molar-refractivity contribution is 9.18. The van der Waals surface area contributed by atoms with E-state index in [4.69, 9.17) is 4.74 Å². The second-order valence-electron chi connectivity index (χ2n) is 5.71. The summed E-state index contributed by atoms with van der Waals surface area (Å²) in [7, 11) is 3.48. The fourth-order valence-corrected chi connectivity index (χ4v) is 2.06. The van der Waals surface area contributed by atoms with Gasteiger partial charge in [0, 0.05) is 29.5 Å². The lowest BCUT2D eigenvalue weighted by Gasteiger charge is -2.23. The molecule has 0 atom stereocenters. The topological polar surface area (TPSA) is 29.5 Å². The molecule has 0 heterocycles. The summed E-state index contributed by atoms with van der Waals surface area (Å²) in [5.74, 6) is 0.918. The Hall–Kier alpha value is -1.03. The van der Waals surface area contributed by atoms with Gasteiger partial charge in [0.2, 0.25) is 0 Å². The molecule has 4 heteroatoms. The number of methoxy groups -OCH3 is 1. The van der Waals surface area contributed by atoms with Gasteiger partial charge in [0.1, 0.15) is 5.75 Å². The quantitative estimate of drug-likeness (QED) is 0.618. The minimum absolute atomic E-state index is 0.0402. The Morgan fingerprint density at radius 3 is 2.47 bits per heavy atom. The van der Waals surface area contributed by atoms with E-state index in [0.29, 0.717) is 6.54 Å². The molecule has 0 N–H and O–H groups in total. The molecule has 0 saturated heterocycles. The van der Waals surface area contributed by atoms with Crippen LogP contribution in [-0.4, -0.2) is 30.4 Å². The second-order valence-corrected chi connectivity index (χ2v) is 6.39. The van der Waals surface area contributed by atoms with Gasteiger partial charge in [-0.25, -0.2) is 0 Å². The Morgan fingerprint density at radius 2 is 2.00 bits per heavy atom. The summed E-state index contributed by atoms with van der Waals surface area (Å²) in [4.78, 5) is 12.7. The third-order valence-electron chi connectivity index (χ3n) is 3.11. The predicted molar refractivity (Wildman–Crippen MR) is 82.4 cm³/mol. The lowest BCUT2D eigenvalue weighted by atomic mass is 9.85. The molecule has 1 rings (SSSR count). The molecule has 0 aliphatic rings. The van der Waals surface area contributed by atoms with Crippen molar-refractivity contribution in [3.63, 3.8) is 0 Å². The first-order chi connectivity index (χ1) is 8.75. The van der Waals surface area contributed by atoms with Gasteiger partial charge in [-0.2, -0.15) is 0 Å². The van der Waals surface area contributed by atoms with Gasteiger partial charge >= 0.3 is 0 Å². The summed E-state index contributed by atoms with van der Waals surface area (Å²) >= 11 is 2.95. The molecule has 3 nitrogen and oxygen atoms in total. The zero-order valence-electron chi connectivity index (χ0n) is 12.3.